The normalized spacial score (nSPS) is 24.0. The van der Waals surface area contributed by atoms with Crippen LogP contribution in [0.4, 0.5) is 5.95 Å². The van der Waals surface area contributed by atoms with Crippen molar-refractivity contribution in [2.24, 2.45) is 0 Å². The van der Waals surface area contributed by atoms with E-state index in [1.54, 1.807) is 4.57 Å². The summed E-state index contributed by atoms with van der Waals surface area (Å²) in [5.74, 6) is 0.141. The lowest BCUT2D eigenvalue weighted by molar-refractivity contribution is -0.0432. The molecular formula is C15H23N5O4. The Labute approximate surface area is 138 Å². The summed E-state index contributed by atoms with van der Waals surface area (Å²) in [6.45, 7) is 2.33. The molecule has 1 fully saturated rings. The number of nitrogens with two attached hydrogens (primary N) is 1. The van der Waals surface area contributed by atoms with E-state index in [9.17, 15) is 15.0 Å². The third-order valence-corrected chi connectivity index (χ3v) is 4.39. The monoisotopic (exact) mass is 337 g/mol. The highest BCUT2D eigenvalue weighted by Crippen LogP contribution is 2.30. The van der Waals surface area contributed by atoms with E-state index in [-0.39, 0.29) is 30.1 Å². The first-order chi connectivity index (χ1) is 11.6. The van der Waals surface area contributed by atoms with Gasteiger partial charge in [-0.3, -0.25) is 13.9 Å². The number of aliphatic hydroxyl groups is 2. The maximum Gasteiger partial charge on any atom is 0.283 e. The molecule has 0 amide bonds. The van der Waals surface area contributed by atoms with Gasteiger partial charge in [-0.05, 0) is 6.42 Å². The summed E-state index contributed by atoms with van der Waals surface area (Å²) < 4.78 is 8.62. The molecule has 2 aromatic heterocycles. The van der Waals surface area contributed by atoms with Gasteiger partial charge in [0.05, 0.1) is 19.0 Å². The van der Waals surface area contributed by atoms with Gasteiger partial charge in [-0.1, -0.05) is 19.8 Å². The average Bonchev–Trinajstić information content (AvgIpc) is 3.13. The van der Waals surface area contributed by atoms with E-state index in [2.05, 4.69) is 16.9 Å². The van der Waals surface area contributed by atoms with E-state index in [0.717, 1.165) is 19.3 Å². The minimum absolute atomic E-state index is 0.141. The highest BCUT2D eigenvalue weighted by Gasteiger charge is 2.35. The van der Waals surface area contributed by atoms with Crippen LogP contribution in [0, 0.1) is 0 Å². The molecule has 1 saturated heterocycles. The molecule has 0 saturated carbocycles. The molecule has 0 aliphatic carbocycles. The smallest absolute Gasteiger partial charge is 0.283 e. The van der Waals surface area contributed by atoms with Crippen LogP contribution in [0.5, 0.6) is 0 Å². The van der Waals surface area contributed by atoms with Gasteiger partial charge < -0.3 is 20.7 Å². The van der Waals surface area contributed by atoms with Crippen molar-refractivity contribution in [3.8, 4) is 0 Å². The van der Waals surface area contributed by atoms with Gasteiger partial charge in [0.2, 0.25) is 5.95 Å². The summed E-state index contributed by atoms with van der Waals surface area (Å²) in [7, 11) is 0. The quantitative estimate of drug-likeness (QED) is 0.633. The summed E-state index contributed by atoms with van der Waals surface area (Å²) in [4.78, 5) is 21.1. The predicted octanol–water partition coefficient (Wildman–Crippen LogP) is 0.00610. The van der Waals surface area contributed by atoms with Gasteiger partial charge in [-0.2, -0.15) is 4.98 Å². The van der Waals surface area contributed by atoms with Crippen LogP contribution in [-0.4, -0.2) is 48.1 Å². The third kappa shape index (κ3) is 2.90. The Morgan fingerprint density at radius 2 is 2.25 bits per heavy atom. The van der Waals surface area contributed by atoms with Crippen LogP contribution in [-0.2, 0) is 11.3 Å². The molecule has 3 heterocycles. The minimum atomic E-state index is -0.774. The molecule has 3 rings (SSSR count). The van der Waals surface area contributed by atoms with E-state index < -0.39 is 18.4 Å². The van der Waals surface area contributed by atoms with Gasteiger partial charge in [0, 0.05) is 13.0 Å². The molecular weight excluding hydrogens is 314 g/mol. The molecule has 132 valence electrons. The number of imidazole rings is 1. The van der Waals surface area contributed by atoms with Gasteiger partial charge in [-0.25, -0.2) is 4.98 Å². The summed E-state index contributed by atoms with van der Waals surface area (Å²) >= 11 is 0. The maximum atomic E-state index is 12.6. The number of unbranched alkanes of at least 4 members (excludes halogenated alkanes) is 2. The standard InChI is InChI=1S/C15H23N5O4/c1-2-3-4-5-19-14(23)12-13(18-15(19)16)20(8-17-12)11-6-9(22)10(7-21)24-11/h8-11,21-22H,2-7H2,1H3,(H2,16,18)/t9-,10+,11+/m0/s1. The number of rotatable bonds is 6. The SMILES string of the molecule is CCCCCn1c(N)nc2c(ncn2[C@H]2C[C@H](O)[C@@H](CO)O2)c1=O. The molecule has 0 bridgehead atoms. The van der Waals surface area contributed by atoms with E-state index in [0.29, 0.717) is 12.2 Å². The van der Waals surface area contributed by atoms with Crippen LogP contribution < -0.4 is 11.3 Å². The number of nitrogen functional groups attached to an aromatic ring is 1. The van der Waals surface area contributed by atoms with Crippen molar-refractivity contribution >= 4 is 17.1 Å². The van der Waals surface area contributed by atoms with Crippen LogP contribution in [0.2, 0.25) is 0 Å². The van der Waals surface area contributed by atoms with Crippen molar-refractivity contribution in [3.63, 3.8) is 0 Å². The number of aromatic nitrogens is 4. The Hall–Kier alpha value is -1.97. The molecule has 24 heavy (non-hydrogen) atoms. The number of aliphatic hydroxyl groups excluding tert-OH is 2. The molecule has 2 aromatic rings. The van der Waals surface area contributed by atoms with E-state index in [1.807, 2.05) is 0 Å². The first-order valence-corrected chi connectivity index (χ1v) is 8.24. The molecule has 4 N–H and O–H groups in total. The van der Waals surface area contributed by atoms with Crippen LogP contribution in [0.3, 0.4) is 0 Å². The highest BCUT2D eigenvalue weighted by molar-refractivity contribution is 5.71. The zero-order valence-electron chi connectivity index (χ0n) is 13.6. The Bertz CT molecular complexity index is 771. The number of hydrogen-bond acceptors (Lipinski definition) is 7. The topological polar surface area (TPSA) is 128 Å². The van der Waals surface area contributed by atoms with Gasteiger partial charge in [0.15, 0.2) is 11.2 Å². The zero-order chi connectivity index (χ0) is 17.3. The number of fused-ring (bicyclic) bond motifs is 1. The van der Waals surface area contributed by atoms with Gasteiger partial charge >= 0.3 is 0 Å². The van der Waals surface area contributed by atoms with Crippen molar-refractivity contribution in [2.45, 2.75) is 57.6 Å². The third-order valence-electron chi connectivity index (χ3n) is 4.39. The minimum Gasteiger partial charge on any atom is -0.394 e. The number of hydrogen-bond donors (Lipinski definition) is 3. The summed E-state index contributed by atoms with van der Waals surface area (Å²) in [5.41, 5.74) is 6.25. The second-order valence-corrected chi connectivity index (χ2v) is 6.07. The van der Waals surface area contributed by atoms with Crippen molar-refractivity contribution in [1.29, 1.82) is 0 Å². The fraction of sp³-hybridized carbons (Fsp3) is 0.667. The molecule has 3 atom stereocenters. The molecule has 9 nitrogen and oxygen atoms in total. The van der Waals surface area contributed by atoms with Crippen LogP contribution in [0.1, 0.15) is 38.8 Å². The number of nitrogens with zero attached hydrogens (tertiary/aromatic N) is 4. The Morgan fingerprint density at radius 3 is 2.92 bits per heavy atom. The maximum absolute atomic E-state index is 12.6. The second-order valence-electron chi connectivity index (χ2n) is 6.07. The van der Waals surface area contributed by atoms with Crippen molar-refractivity contribution in [2.75, 3.05) is 12.3 Å². The molecule has 0 spiro atoms. The molecule has 1 aliphatic rings. The molecule has 0 unspecified atom stereocenters. The first kappa shape index (κ1) is 16.9. The van der Waals surface area contributed by atoms with Crippen LogP contribution >= 0.6 is 0 Å². The second kappa shape index (κ2) is 6.88. The summed E-state index contributed by atoms with van der Waals surface area (Å²) in [6.07, 6.45) is 2.70. The lowest BCUT2D eigenvalue weighted by Gasteiger charge is -2.14. The van der Waals surface area contributed by atoms with Gasteiger partial charge in [0.25, 0.3) is 5.56 Å². The number of ether oxygens (including phenoxy) is 1. The van der Waals surface area contributed by atoms with E-state index in [1.165, 1.54) is 10.9 Å². The van der Waals surface area contributed by atoms with E-state index >= 15 is 0 Å². The van der Waals surface area contributed by atoms with Crippen molar-refractivity contribution in [3.05, 3.63) is 16.7 Å². The van der Waals surface area contributed by atoms with Crippen molar-refractivity contribution in [1.82, 2.24) is 19.1 Å². The van der Waals surface area contributed by atoms with E-state index in [4.69, 9.17) is 10.5 Å². The van der Waals surface area contributed by atoms with Gasteiger partial charge in [0.1, 0.15) is 12.3 Å². The summed E-state index contributed by atoms with van der Waals surface area (Å²) in [6, 6.07) is 0. The fourth-order valence-corrected chi connectivity index (χ4v) is 3.01. The highest BCUT2D eigenvalue weighted by atomic mass is 16.5. The number of anilines is 1. The summed E-state index contributed by atoms with van der Waals surface area (Å²) in [5, 5.41) is 19.1. The Kier molecular flexibility index (Phi) is 4.83. The van der Waals surface area contributed by atoms with Crippen LogP contribution in [0.25, 0.3) is 11.2 Å². The average molecular weight is 337 g/mol. The molecule has 9 heteroatoms. The fourth-order valence-electron chi connectivity index (χ4n) is 3.01. The van der Waals surface area contributed by atoms with Crippen molar-refractivity contribution < 1.29 is 14.9 Å². The molecule has 1 aliphatic heterocycles. The van der Waals surface area contributed by atoms with Gasteiger partial charge in [-0.15, -0.1) is 0 Å². The Morgan fingerprint density at radius 1 is 1.46 bits per heavy atom. The zero-order valence-corrected chi connectivity index (χ0v) is 13.6. The Balaban J connectivity index is 1.94. The molecule has 0 aromatic carbocycles. The molecule has 0 radical (unpaired) electrons. The largest absolute Gasteiger partial charge is 0.394 e. The lowest BCUT2D eigenvalue weighted by atomic mass is 10.2. The lowest BCUT2D eigenvalue weighted by Crippen LogP contribution is -2.25. The first-order valence-electron chi connectivity index (χ1n) is 8.24. The predicted molar refractivity (Wildman–Crippen MR) is 87.3 cm³/mol. The van der Waals surface area contributed by atoms with Crippen LogP contribution in [0.15, 0.2) is 11.1 Å².